The van der Waals surface area contributed by atoms with Crippen molar-refractivity contribution in [3.63, 3.8) is 0 Å². The van der Waals surface area contributed by atoms with E-state index >= 15 is 0 Å². The Kier molecular flexibility index (Phi) is 7.96. The van der Waals surface area contributed by atoms with Gasteiger partial charge in [0.1, 0.15) is 5.69 Å². The summed E-state index contributed by atoms with van der Waals surface area (Å²) in [6.07, 6.45) is -3.43. The van der Waals surface area contributed by atoms with Crippen molar-refractivity contribution in [2.45, 2.75) is 25.4 Å². The molecule has 0 radical (unpaired) electrons. The van der Waals surface area contributed by atoms with Crippen molar-refractivity contribution >= 4 is 17.3 Å². The largest absolute Gasteiger partial charge is 0.416 e. The molecule has 10 heteroatoms. The van der Waals surface area contributed by atoms with Crippen molar-refractivity contribution in [3.05, 3.63) is 69.8 Å². The summed E-state index contributed by atoms with van der Waals surface area (Å²) < 4.78 is 43.5. The number of carbonyl (C=O) groups is 1. The molecule has 0 unspecified atom stereocenters. The van der Waals surface area contributed by atoms with Crippen LogP contribution in [0.5, 0.6) is 0 Å². The molecular weight excluding hydrogens is 391 g/mol. The van der Waals surface area contributed by atoms with Crippen LogP contribution in [0.4, 0.5) is 24.5 Å². The lowest BCUT2D eigenvalue weighted by molar-refractivity contribution is -0.384. The molecule has 2 aromatic rings. The minimum atomic E-state index is -4.70. The quantitative estimate of drug-likeness (QED) is 0.349. The van der Waals surface area contributed by atoms with Crippen LogP contribution in [0.1, 0.15) is 24.0 Å². The van der Waals surface area contributed by atoms with Gasteiger partial charge in [0.25, 0.3) is 5.69 Å². The molecule has 0 saturated carbocycles. The zero-order valence-corrected chi connectivity index (χ0v) is 15.4. The molecule has 0 heterocycles. The molecule has 0 spiro atoms. The van der Waals surface area contributed by atoms with Crippen LogP contribution >= 0.6 is 0 Å². The van der Waals surface area contributed by atoms with Crippen LogP contribution < -0.4 is 10.9 Å². The van der Waals surface area contributed by atoms with Gasteiger partial charge in [-0.2, -0.15) is 13.2 Å². The van der Waals surface area contributed by atoms with E-state index in [2.05, 4.69) is 10.9 Å². The van der Waals surface area contributed by atoms with Crippen LogP contribution in [0.3, 0.4) is 0 Å². The first-order chi connectivity index (χ1) is 13.8. The number of nitro groups is 1. The highest BCUT2D eigenvalue weighted by molar-refractivity contribution is 5.78. The third-order valence-electron chi connectivity index (χ3n) is 3.93. The highest BCUT2D eigenvalue weighted by Gasteiger charge is 2.33. The molecule has 0 aliphatic heterocycles. The van der Waals surface area contributed by atoms with Gasteiger partial charge < -0.3 is 4.74 Å². The Hall–Kier alpha value is -3.14. The Morgan fingerprint density at radius 1 is 1.10 bits per heavy atom. The highest BCUT2D eigenvalue weighted by atomic mass is 19.4. The van der Waals surface area contributed by atoms with Crippen molar-refractivity contribution in [2.24, 2.45) is 0 Å². The molecule has 0 aromatic heterocycles. The fraction of sp³-hybridized carbons (Fsp3) is 0.316. The van der Waals surface area contributed by atoms with E-state index in [4.69, 9.17) is 4.74 Å². The Balaban J connectivity index is 1.72. The number of alkyl halides is 3. The normalized spacial score (nSPS) is 11.1. The van der Waals surface area contributed by atoms with Gasteiger partial charge in [-0.1, -0.05) is 30.3 Å². The average Bonchev–Trinajstić information content (AvgIpc) is 2.68. The molecule has 0 bridgehead atoms. The van der Waals surface area contributed by atoms with Gasteiger partial charge in [-0.05, 0) is 30.5 Å². The molecular formula is C19H20F3N3O4. The van der Waals surface area contributed by atoms with E-state index < -0.39 is 28.3 Å². The number of nitrogens with one attached hydrogen (secondary N) is 2. The Labute approximate surface area is 165 Å². The van der Waals surface area contributed by atoms with Crippen molar-refractivity contribution in [3.8, 4) is 0 Å². The summed E-state index contributed by atoms with van der Waals surface area (Å²) in [5.41, 5.74) is 3.51. The van der Waals surface area contributed by atoms with Gasteiger partial charge in [0.05, 0.1) is 17.1 Å². The number of halogens is 3. The topological polar surface area (TPSA) is 93.5 Å². The fourth-order valence-electron chi connectivity index (χ4n) is 2.44. The number of amides is 1. The molecule has 29 heavy (non-hydrogen) atoms. The summed E-state index contributed by atoms with van der Waals surface area (Å²) in [4.78, 5) is 21.8. The predicted octanol–water partition coefficient (Wildman–Crippen LogP) is 4.10. The Morgan fingerprint density at radius 3 is 2.48 bits per heavy atom. The van der Waals surface area contributed by atoms with Crippen molar-refractivity contribution in [1.82, 2.24) is 5.43 Å². The number of carbonyl (C=O) groups excluding carboxylic acids is 1. The van der Waals surface area contributed by atoms with E-state index in [0.717, 1.165) is 18.1 Å². The molecule has 156 valence electrons. The monoisotopic (exact) mass is 411 g/mol. The maximum atomic E-state index is 12.7. The zero-order chi connectivity index (χ0) is 21.3. The van der Waals surface area contributed by atoms with Crippen LogP contribution in [0.15, 0.2) is 48.5 Å². The second kappa shape index (κ2) is 10.4. The maximum absolute atomic E-state index is 12.7. The van der Waals surface area contributed by atoms with Gasteiger partial charge in [-0.3, -0.25) is 25.8 Å². The van der Waals surface area contributed by atoms with Crippen molar-refractivity contribution in [1.29, 1.82) is 0 Å². The standard InChI is InChI=1S/C19H20F3N3O4/c20-19(21,22)15-8-9-16(17(13-15)25(27)28)23-24-18(26)7-4-11-29-12-10-14-5-2-1-3-6-14/h1-3,5-6,8-9,13,23H,4,7,10-12H2,(H,24,26). The number of nitrogens with zero attached hydrogens (tertiary/aromatic N) is 1. The van der Waals surface area contributed by atoms with E-state index in [0.29, 0.717) is 31.8 Å². The second-order valence-electron chi connectivity index (χ2n) is 6.11. The summed E-state index contributed by atoms with van der Waals surface area (Å²) in [5, 5.41) is 11.0. The average molecular weight is 411 g/mol. The summed E-state index contributed by atoms with van der Waals surface area (Å²) in [5.74, 6) is -0.467. The van der Waals surface area contributed by atoms with E-state index in [9.17, 15) is 28.1 Å². The molecule has 0 aliphatic carbocycles. The van der Waals surface area contributed by atoms with E-state index in [1.807, 2.05) is 30.3 Å². The lowest BCUT2D eigenvalue weighted by Gasteiger charge is -2.11. The molecule has 2 aromatic carbocycles. The number of hydrogen-bond acceptors (Lipinski definition) is 5. The van der Waals surface area contributed by atoms with Crippen LogP contribution in [-0.2, 0) is 22.1 Å². The van der Waals surface area contributed by atoms with E-state index in [-0.39, 0.29) is 12.1 Å². The van der Waals surface area contributed by atoms with Crippen LogP contribution in [0.25, 0.3) is 0 Å². The molecule has 0 atom stereocenters. The predicted molar refractivity (Wildman–Crippen MR) is 100 cm³/mol. The van der Waals surface area contributed by atoms with Gasteiger partial charge in [0.2, 0.25) is 5.91 Å². The number of nitro benzene ring substituents is 1. The first-order valence-electron chi connectivity index (χ1n) is 8.79. The molecule has 1 amide bonds. The van der Waals surface area contributed by atoms with Gasteiger partial charge >= 0.3 is 6.18 Å². The summed E-state index contributed by atoms with van der Waals surface area (Å²) >= 11 is 0. The summed E-state index contributed by atoms with van der Waals surface area (Å²) in [7, 11) is 0. The van der Waals surface area contributed by atoms with Crippen molar-refractivity contribution in [2.75, 3.05) is 18.6 Å². The highest BCUT2D eigenvalue weighted by Crippen LogP contribution is 2.34. The number of anilines is 1. The first kappa shape index (κ1) is 22.2. The lowest BCUT2D eigenvalue weighted by Crippen LogP contribution is -2.29. The van der Waals surface area contributed by atoms with Crippen molar-refractivity contribution < 1.29 is 27.6 Å². The fourth-order valence-corrected chi connectivity index (χ4v) is 2.44. The summed E-state index contributed by atoms with van der Waals surface area (Å²) in [6, 6.07) is 11.8. The van der Waals surface area contributed by atoms with Gasteiger partial charge in [-0.25, -0.2) is 0 Å². The molecule has 0 aliphatic rings. The summed E-state index contributed by atoms with van der Waals surface area (Å²) in [6.45, 7) is 0.877. The molecule has 0 saturated heterocycles. The van der Waals surface area contributed by atoms with Gasteiger partial charge in [-0.15, -0.1) is 0 Å². The molecule has 2 rings (SSSR count). The number of benzene rings is 2. The van der Waals surface area contributed by atoms with Crippen LogP contribution in [0.2, 0.25) is 0 Å². The van der Waals surface area contributed by atoms with Gasteiger partial charge in [0.15, 0.2) is 0 Å². The maximum Gasteiger partial charge on any atom is 0.416 e. The Morgan fingerprint density at radius 2 is 1.83 bits per heavy atom. The van der Waals surface area contributed by atoms with Crippen LogP contribution in [0, 0.1) is 10.1 Å². The smallest absolute Gasteiger partial charge is 0.381 e. The number of ether oxygens (including phenoxy) is 1. The van der Waals surface area contributed by atoms with E-state index in [1.165, 1.54) is 0 Å². The number of hydrogen-bond donors (Lipinski definition) is 2. The lowest BCUT2D eigenvalue weighted by atomic mass is 10.1. The minimum Gasteiger partial charge on any atom is -0.381 e. The SMILES string of the molecule is O=C(CCCOCCc1ccccc1)NNc1ccc(C(F)(F)F)cc1[N+](=O)[O-]. The van der Waals surface area contributed by atoms with Gasteiger partial charge in [0, 0.05) is 19.1 Å². The first-order valence-corrected chi connectivity index (χ1v) is 8.79. The third kappa shape index (κ3) is 7.41. The molecule has 2 N–H and O–H groups in total. The minimum absolute atomic E-state index is 0.0900. The Bertz CT molecular complexity index is 829. The molecule has 7 nitrogen and oxygen atoms in total. The molecule has 0 fully saturated rings. The van der Waals surface area contributed by atoms with E-state index in [1.54, 1.807) is 0 Å². The third-order valence-corrected chi connectivity index (χ3v) is 3.93. The number of rotatable bonds is 10. The number of hydrazine groups is 1. The zero-order valence-electron chi connectivity index (χ0n) is 15.4. The second-order valence-corrected chi connectivity index (χ2v) is 6.11. The van der Waals surface area contributed by atoms with Crippen LogP contribution in [-0.4, -0.2) is 24.0 Å².